The largest absolute Gasteiger partial charge is 0.497 e. The maximum absolute atomic E-state index is 12.3. The Morgan fingerprint density at radius 1 is 1.21 bits per heavy atom. The van der Waals surface area contributed by atoms with Crippen molar-refractivity contribution in [2.45, 2.75) is 25.5 Å². The highest BCUT2D eigenvalue weighted by Gasteiger charge is 2.32. The average molecular weight is 411 g/mol. The maximum atomic E-state index is 12.3. The molecule has 1 aliphatic carbocycles. The molecule has 1 unspecified atom stereocenters. The fraction of sp³-hybridized carbons (Fsp3) is 0.350. The predicted octanol–water partition coefficient (Wildman–Crippen LogP) is 4.63. The lowest BCUT2D eigenvalue weighted by Crippen LogP contribution is -2.32. The normalized spacial score (nSPS) is 14.6. The van der Waals surface area contributed by atoms with Crippen molar-refractivity contribution in [1.29, 1.82) is 0 Å². The Morgan fingerprint density at radius 2 is 1.93 bits per heavy atom. The molecule has 28 heavy (non-hydrogen) atoms. The Morgan fingerprint density at radius 3 is 2.50 bits per heavy atom. The minimum absolute atomic E-state index is 0.000138. The lowest BCUT2D eigenvalue weighted by Gasteiger charge is -2.19. The van der Waals surface area contributed by atoms with Crippen LogP contribution in [0.3, 0.4) is 0 Å². The number of anilines is 1. The number of methoxy groups -OCH3 is 1. The van der Waals surface area contributed by atoms with E-state index >= 15 is 0 Å². The van der Waals surface area contributed by atoms with Crippen LogP contribution in [0.15, 0.2) is 42.5 Å². The van der Waals surface area contributed by atoms with Crippen molar-refractivity contribution in [2.75, 3.05) is 19.0 Å². The second-order valence-electron chi connectivity index (χ2n) is 6.54. The minimum atomic E-state index is -2.96. The van der Waals surface area contributed by atoms with Gasteiger partial charge < -0.3 is 20.1 Å². The number of rotatable bonds is 9. The molecule has 0 saturated heterocycles. The van der Waals surface area contributed by atoms with E-state index in [2.05, 4.69) is 15.4 Å². The maximum Gasteiger partial charge on any atom is 0.387 e. The minimum Gasteiger partial charge on any atom is -0.497 e. The summed E-state index contributed by atoms with van der Waals surface area (Å²) in [6, 6.07) is 12.0. The molecule has 0 spiro atoms. The summed E-state index contributed by atoms with van der Waals surface area (Å²) >= 11 is 5.90. The van der Waals surface area contributed by atoms with Gasteiger partial charge in [-0.1, -0.05) is 23.7 Å². The van der Waals surface area contributed by atoms with Gasteiger partial charge in [0.2, 0.25) is 5.91 Å². The Kier molecular flexibility index (Phi) is 6.70. The Bertz CT molecular complexity index is 814. The summed E-state index contributed by atoms with van der Waals surface area (Å²) < 4.78 is 34.0. The molecule has 0 heterocycles. The fourth-order valence-electron chi connectivity index (χ4n) is 2.98. The van der Waals surface area contributed by atoms with Gasteiger partial charge in [-0.25, -0.2) is 0 Å². The van der Waals surface area contributed by atoms with Crippen molar-refractivity contribution in [3.63, 3.8) is 0 Å². The number of benzene rings is 2. The molecule has 2 aromatic carbocycles. The molecule has 5 nitrogen and oxygen atoms in total. The molecule has 2 N–H and O–H groups in total. The van der Waals surface area contributed by atoms with E-state index in [9.17, 15) is 13.6 Å². The Hall–Kier alpha value is -2.38. The van der Waals surface area contributed by atoms with Crippen molar-refractivity contribution in [3.8, 4) is 11.5 Å². The van der Waals surface area contributed by atoms with E-state index in [1.807, 2.05) is 24.3 Å². The van der Waals surface area contributed by atoms with Gasteiger partial charge in [0.25, 0.3) is 0 Å². The molecular formula is C20H21ClF2N2O3. The van der Waals surface area contributed by atoms with Gasteiger partial charge in [0.1, 0.15) is 11.5 Å². The molecule has 2 aromatic rings. The number of hydrogen-bond donors (Lipinski definition) is 2. The Labute approximate surface area is 167 Å². The average Bonchev–Trinajstić information content (AvgIpc) is 3.49. The van der Waals surface area contributed by atoms with Gasteiger partial charge in [-0.15, -0.1) is 0 Å². The number of hydrogen-bond acceptors (Lipinski definition) is 4. The molecule has 1 fully saturated rings. The lowest BCUT2D eigenvalue weighted by molar-refractivity contribution is -0.115. The van der Waals surface area contributed by atoms with Crippen LogP contribution in [-0.4, -0.2) is 26.2 Å². The Balaban J connectivity index is 1.57. The molecular weight excluding hydrogens is 390 g/mol. The van der Waals surface area contributed by atoms with Crippen LogP contribution in [0.5, 0.6) is 11.5 Å². The van der Waals surface area contributed by atoms with Gasteiger partial charge in [-0.05, 0) is 54.7 Å². The first kappa shape index (κ1) is 20.4. The zero-order chi connectivity index (χ0) is 20.1. The van der Waals surface area contributed by atoms with E-state index in [1.165, 1.54) is 18.2 Å². The van der Waals surface area contributed by atoms with Crippen LogP contribution in [0.2, 0.25) is 5.02 Å². The number of alkyl halides is 2. The summed E-state index contributed by atoms with van der Waals surface area (Å²) in [6.45, 7) is -2.85. The third-order valence-corrected chi connectivity index (χ3v) is 4.78. The van der Waals surface area contributed by atoms with Gasteiger partial charge in [-0.3, -0.25) is 4.79 Å². The van der Waals surface area contributed by atoms with Gasteiger partial charge in [0, 0.05) is 11.7 Å². The highest BCUT2D eigenvalue weighted by molar-refractivity contribution is 6.32. The van der Waals surface area contributed by atoms with Crippen LogP contribution in [-0.2, 0) is 4.79 Å². The van der Waals surface area contributed by atoms with Gasteiger partial charge in [0.15, 0.2) is 0 Å². The highest BCUT2D eigenvalue weighted by Crippen LogP contribution is 2.41. The smallest absolute Gasteiger partial charge is 0.387 e. The zero-order valence-electron chi connectivity index (χ0n) is 15.3. The van der Waals surface area contributed by atoms with Crippen molar-refractivity contribution in [3.05, 3.63) is 53.1 Å². The second kappa shape index (κ2) is 9.21. The summed E-state index contributed by atoms with van der Waals surface area (Å²) in [5.41, 5.74) is 1.51. The van der Waals surface area contributed by atoms with Crippen molar-refractivity contribution in [1.82, 2.24) is 5.32 Å². The first-order chi connectivity index (χ1) is 13.5. The SMILES string of the molecule is COc1ccc(C(NCC(=O)Nc2ccc(OC(F)F)c(Cl)c2)C2CC2)cc1. The lowest BCUT2D eigenvalue weighted by atomic mass is 10.0. The second-order valence-corrected chi connectivity index (χ2v) is 6.95. The van der Waals surface area contributed by atoms with Gasteiger partial charge >= 0.3 is 6.61 Å². The van der Waals surface area contributed by atoms with Gasteiger partial charge in [-0.2, -0.15) is 8.78 Å². The topological polar surface area (TPSA) is 59.6 Å². The summed E-state index contributed by atoms with van der Waals surface area (Å²) in [6.07, 6.45) is 2.24. The summed E-state index contributed by atoms with van der Waals surface area (Å²) in [5, 5.41) is 6.00. The molecule has 1 saturated carbocycles. The summed E-state index contributed by atoms with van der Waals surface area (Å²) in [4.78, 5) is 12.3. The molecule has 0 bridgehead atoms. The number of amides is 1. The molecule has 8 heteroatoms. The number of carbonyl (C=O) groups is 1. The fourth-order valence-corrected chi connectivity index (χ4v) is 3.20. The van der Waals surface area contributed by atoms with Crippen molar-refractivity contribution < 1.29 is 23.0 Å². The first-order valence-corrected chi connectivity index (χ1v) is 9.25. The highest BCUT2D eigenvalue weighted by atomic mass is 35.5. The van der Waals surface area contributed by atoms with E-state index in [-0.39, 0.29) is 29.3 Å². The quantitative estimate of drug-likeness (QED) is 0.632. The number of ether oxygens (including phenoxy) is 2. The predicted molar refractivity (Wildman–Crippen MR) is 103 cm³/mol. The first-order valence-electron chi connectivity index (χ1n) is 8.88. The molecule has 150 valence electrons. The molecule has 3 rings (SSSR count). The third-order valence-electron chi connectivity index (χ3n) is 4.48. The van der Waals surface area contributed by atoms with Crippen LogP contribution in [0.25, 0.3) is 0 Å². The molecule has 1 atom stereocenters. The summed E-state index contributed by atoms with van der Waals surface area (Å²) in [5.74, 6) is 0.896. The van der Waals surface area contributed by atoms with E-state index in [0.29, 0.717) is 11.6 Å². The third kappa shape index (κ3) is 5.56. The van der Waals surface area contributed by atoms with Crippen LogP contribution >= 0.6 is 11.6 Å². The monoisotopic (exact) mass is 410 g/mol. The molecule has 0 aromatic heterocycles. The van der Waals surface area contributed by atoms with Crippen molar-refractivity contribution >= 4 is 23.2 Å². The molecule has 0 aliphatic heterocycles. The molecule has 0 radical (unpaired) electrons. The summed E-state index contributed by atoms with van der Waals surface area (Å²) in [7, 11) is 1.62. The van der Waals surface area contributed by atoms with Crippen LogP contribution in [0.1, 0.15) is 24.4 Å². The molecule has 1 amide bonds. The zero-order valence-corrected chi connectivity index (χ0v) is 16.0. The van der Waals surface area contributed by atoms with Crippen LogP contribution in [0.4, 0.5) is 14.5 Å². The van der Waals surface area contributed by atoms with E-state index in [1.54, 1.807) is 7.11 Å². The van der Waals surface area contributed by atoms with E-state index in [0.717, 1.165) is 24.2 Å². The number of halogens is 3. The standard InChI is InChI=1S/C20H21ClF2N2O3/c1-27-15-7-4-13(5-8-15)19(12-2-3-12)24-11-18(26)25-14-6-9-17(16(21)10-14)28-20(22)23/h4-10,12,19-20,24H,2-3,11H2,1H3,(H,25,26). The van der Waals surface area contributed by atoms with E-state index < -0.39 is 6.61 Å². The number of nitrogens with one attached hydrogen (secondary N) is 2. The van der Waals surface area contributed by atoms with Gasteiger partial charge in [0.05, 0.1) is 18.7 Å². The van der Waals surface area contributed by atoms with E-state index in [4.69, 9.17) is 16.3 Å². The van der Waals surface area contributed by atoms with Crippen molar-refractivity contribution in [2.24, 2.45) is 5.92 Å². The van der Waals surface area contributed by atoms with Crippen LogP contribution < -0.4 is 20.1 Å². The van der Waals surface area contributed by atoms with Crippen LogP contribution in [0, 0.1) is 5.92 Å². The number of carbonyl (C=O) groups excluding carboxylic acids is 1. The molecule has 1 aliphatic rings.